The van der Waals surface area contributed by atoms with E-state index in [0.717, 1.165) is 18.6 Å². The molecule has 0 aliphatic heterocycles. The first kappa shape index (κ1) is 15.3. The van der Waals surface area contributed by atoms with Gasteiger partial charge < -0.3 is 4.74 Å². The van der Waals surface area contributed by atoms with Crippen LogP contribution < -0.4 is 4.74 Å². The lowest BCUT2D eigenvalue weighted by Crippen LogP contribution is -2.01. The summed E-state index contributed by atoms with van der Waals surface area (Å²) in [4.78, 5) is 0. The summed E-state index contributed by atoms with van der Waals surface area (Å²) in [5.74, 6) is 0.938. The SMILES string of the molecule is C=CCc1ccc(OCC(/C=C\C)=C/C)cc1CC. The van der Waals surface area contributed by atoms with Gasteiger partial charge in [-0.3, -0.25) is 0 Å². The van der Waals surface area contributed by atoms with E-state index < -0.39 is 0 Å². The van der Waals surface area contributed by atoms with Gasteiger partial charge in [-0.1, -0.05) is 37.3 Å². The highest BCUT2D eigenvalue weighted by molar-refractivity contribution is 5.37. The van der Waals surface area contributed by atoms with Gasteiger partial charge in [0.05, 0.1) is 0 Å². The Kier molecular flexibility index (Phi) is 6.73. The molecular formula is C18H24O. The average molecular weight is 256 g/mol. The number of aryl methyl sites for hydroxylation is 1. The standard InChI is InChI=1S/C18H24O/c1-5-9-15(7-3)14-19-18-12-11-17(10-6-2)16(8-4)13-18/h5-7,9,11-13H,2,8,10,14H2,1,3-4H3/b9-5-,15-7+. The quantitative estimate of drug-likeness (QED) is 0.499. The largest absolute Gasteiger partial charge is 0.489 e. The summed E-state index contributed by atoms with van der Waals surface area (Å²) < 4.78 is 5.84. The fourth-order valence-electron chi connectivity index (χ4n) is 1.98. The Morgan fingerprint density at radius 1 is 1.26 bits per heavy atom. The molecule has 0 N–H and O–H groups in total. The van der Waals surface area contributed by atoms with Gasteiger partial charge in [-0.25, -0.2) is 0 Å². The molecule has 1 aromatic carbocycles. The van der Waals surface area contributed by atoms with Gasteiger partial charge in [-0.2, -0.15) is 0 Å². The van der Waals surface area contributed by atoms with Crippen molar-refractivity contribution >= 4 is 0 Å². The third kappa shape index (κ3) is 4.78. The molecule has 0 fully saturated rings. The molecule has 0 unspecified atom stereocenters. The van der Waals surface area contributed by atoms with Crippen molar-refractivity contribution in [1.29, 1.82) is 0 Å². The van der Waals surface area contributed by atoms with Gasteiger partial charge in [0.1, 0.15) is 12.4 Å². The van der Waals surface area contributed by atoms with E-state index in [1.165, 1.54) is 16.7 Å². The number of rotatable bonds is 7. The monoisotopic (exact) mass is 256 g/mol. The molecule has 0 spiro atoms. The summed E-state index contributed by atoms with van der Waals surface area (Å²) in [5, 5.41) is 0. The van der Waals surface area contributed by atoms with E-state index in [0.29, 0.717) is 6.61 Å². The summed E-state index contributed by atoms with van der Waals surface area (Å²) in [7, 11) is 0. The van der Waals surface area contributed by atoms with Gasteiger partial charge in [0.25, 0.3) is 0 Å². The minimum Gasteiger partial charge on any atom is -0.489 e. The highest BCUT2D eigenvalue weighted by Gasteiger charge is 2.02. The predicted molar refractivity (Wildman–Crippen MR) is 83.8 cm³/mol. The maximum absolute atomic E-state index is 5.84. The first-order chi connectivity index (χ1) is 9.24. The fraction of sp³-hybridized carbons (Fsp3) is 0.333. The van der Waals surface area contributed by atoms with Crippen LogP contribution in [0.2, 0.25) is 0 Å². The van der Waals surface area contributed by atoms with Crippen LogP contribution in [0.25, 0.3) is 0 Å². The maximum atomic E-state index is 5.84. The molecule has 1 rings (SSSR count). The molecule has 0 heterocycles. The number of benzene rings is 1. The summed E-state index contributed by atoms with van der Waals surface area (Å²) in [6, 6.07) is 6.32. The van der Waals surface area contributed by atoms with E-state index in [4.69, 9.17) is 4.74 Å². The molecule has 0 aliphatic rings. The van der Waals surface area contributed by atoms with Crippen LogP contribution in [-0.4, -0.2) is 6.61 Å². The number of hydrogen-bond donors (Lipinski definition) is 0. The van der Waals surface area contributed by atoms with Crippen LogP contribution in [0.1, 0.15) is 31.9 Å². The Hall–Kier alpha value is -1.76. The first-order valence-corrected chi connectivity index (χ1v) is 6.88. The number of hydrogen-bond acceptors (Lipinski definition) is 1. The zero-order chi connectivity index (χ0) is 14.1. The van der Waals surface area contributed by atoms with Crippen LogP contribution in [0.4, 0.5) is 0 Å². The second-order valence-corrected chi connectivity index (χ2v) is 4.43. The predicted octanol–water partition coefficient (Wildman–Crippen LogP) is 4.88. The van der Waals surface area contributed by atoms with Crippen LogP contribution in [0.5, 0.6) is 5.75 Å². The van der Waals surface area contributed by atoms with Gasteiger partial charge in [0.2, 0.25) is 0 Å². The van der Waals surface area contributed by atoms with E-state index in [9.17, 15) is 0 Å². The van der Waals surface area contributed by atoms with E-state index >= 15 is 0 Å². The lowest BCUT2D eigenvalue weighted by atomic mass is 10.0. The highest BCUT2D eigenvalue weighted by Crippen LogP contribution is 2.20. The minimum atomic E-state index is 0.616. The molecule has 102 valence electrons. The minimum absolute atomic E-state index is 0.616. The highest BCUT2D eigenvalue weighted by atomic mass is 16.5. The number of ether oxygens (including phenoxy) is 1. The molecule has 19 heavy (non-hydrogen) atoms. The molecule has 1 aromatic rings. The lowest BCUT2D eigenvalue weighted by molar-refractivity contribution is 0.355. The van der Waals surface area contributed by atoms with Crippen LogP contribution in [-0.2, 0) is 12.8 Å². The summed E-state index contributed by atoms with van der Waals surface area (Å²) in [6.07, 6.45) is 10.1. The molecule has 1 heteroatoms. The molecule has 0 radical (unpaired) electrons. The second kappa shape index (κ2) is 8.36. The Balaban J connectivity index is 2.77. The zero-order valence-electron chi connectivity index (χ0n) is 12.3. The van der Waals surface area contributed by atoms with Gasteiger partial charge in [-0.15, -0.1) is 6.58 Å². The summed E-state index contributed by atoms with van der Waals surface area (Å²) in [6.45, 7) is 10.6. The molecule has 0 aromatic heterocycles. The van der Waals surface area contributed by atoms with Gasteiger partial charge in [0, 0.05) is 0 Å². The van der Waals surface area contributed by atoms with E-state index in [-0.39, 0.29) is 0 Å². The van der Waals surface area contributed by atoms with Crippen molar-refractivity contribution in [1.82, 2.24) is 0 Å². The third-order valence-electron chi connectivity index (χ3n) is 3.08. The van der Waals surface area contributed by atoms with Crippen molar-refractivity contribution < 1.29 is 4.74 Å². The lowest BCUT2D eigenvalue weighted by Gasteiger charge is -2.11. The second-order valence-electron chi connectivity index (χ2n) is 4.43. The zero-order valence-corrected chi connectivity index (χ0v) is 12.3. The van der Waals surface area contributed by atoms with Crippen molar-refractivity contribution in [3.8, 4) is 5.75 Å². The molecule has 0 amide bonds. The van der Waals surface area contributed by atoms with Crippen LogP contribution in [0.15, 0.2) is 54.7 Å². The molecule has 0 aliphatic carbocycles. The van der Waals surface area contributed by atoms with E-state index in [2.05, 4.69) is 37.8 Å². The number of allylic oxidation sites excluding steroid dienone is 3. The van der Waals surface area contributed by atoms with Crippen LogP contribution >= 0.6 is 0 Å². The molecule has 0 saturated carbocycles. The van der Waals surface area contributed by atoms with Crippen molar-refractivity contribution in [3.05, 3.63) is 65.8 Å². The molecule has 0 saturated heterocycles. The Labute approximate surface area is 117 Å². The Morgan fingerprint density at radius 3 is 2.63 bits per heavy atom. The first-order valence-electron chi connectivity index (χ1n) is 6.88. The van der Waals surface area contributed by atoms with Gasteiger partial charge in [-0.05, 0) is 55.5 Å². The molecule has 0 atom stereocenters. The van der Waals surface area contributed by atoms with E-state index in [1.807, 2.05) is 32.1 Å². The van der Waals surface area contributed by atoms with Crippen LogP contribution in [0.3, 0.4) is 0 Å². The van der Waals surface area contributed by atoms with Crippen molar-refractivity contribution in [3.63, 3.8) is 0 Å². The summed E-state index contributed by atoms with van der Waals surface area (Å²) in [5.41, 5.74) is 3.87. The van der Waals surface area contributed by atoms with Crippen molar-refractivity contribution in [2.45, 2.75) is 33.6 Å². The Morgan fingerprint density at radius 2 is 2.05 bits per heavy atom. The topological polar surface area (TPSA) is 9.23 Å². The van der Waals surface area contributed by atoms with Crippen molar-refractivity contribution in [2.75, 3.05) is 6.61 Å². The Bertz CT molecular complexity index is 467. The maximum Gasteiger partial charge on any atom is 0.120 e. The normalized spacial score (nSPS) is 11.8. The van der Waals surface area contributed by atoms with Crippen molar-refractivity contribution in [2.24, 2.45) is 0 Å². The van der Waals surface area contributed by atoms with E-state index in [1.54, 1.807) is 0 Å². The average Bonchev–Trinajstić information content (AvgIpc) is 2.44. The molecular weight excluding hydrogens is 232 g/mol. The van der Waals surface area contributed by atoms with Gasteiger partial charge >= 0.3 is 0 Å². The summed E-state index contributed by atoms with van der Waals surface area (Å²) >= 11 is 0. The molecule has 0 bridgehead atoms. The smallest absolute Gasteiger partial charge is 0.120 e. The fourth-order valence-corrected chi connectivity index (χ4v) is 1.98. The molecule has 1 nitrogen and oxygen atoms in total. The van der Waals surface area contributed by atoms with Crippen LogP contribution in [0, 0.1) is 0 Å². The third-order valence-corrected chi connectivity index (χ3v) is 3.08. The van der Waals surface area contributed by atoms with Gasteiger partial charge in [0.15, 0.2) is 0 Å².